The molecule has 0 bridgehead atoms. The van der Waals surface area contributed by atoms with Crippen LogP contribution < -0.4 is 5.32 Å². The molecule has 1 atom stereocenters. The molecule has 1 aromatic rings. The first-order valence-electron chi connectivity index (χ1n) is 5.39. The van der Waals surface area contributed by atoms with Crippen LogP contribution in [0.15, 0.2) is 12.3 Å². The quantitative estimate of drug-likeness (QED) is 0.604. The van der Waals surface area contributed by atoms with E-state index in [0.29, 0.717) is 6.42 Å². The number of aromatic nitrogens is 1. The normalized spacial score (nSPS) is 13.4. The molecule has 1 aromatic heterocycles. The molecule has 0 aliphatic rings. The van der Waals surface area contributed by atoms with E-state index in [1.165, 1.54) is 6.20 Å². The van der Waals surface area contributed by atoms with Gasteiger partial charge in [-0.2, -0.15) is 5.26 Å². The monoisotopic (exact) mass is 250 g/mol. The first-order valence-corrected chi connectivity index (χ1v) is 5.39. The van der Waals surface area contributed by atoms with Crippen molar-refractivity contribution in [1.29, 1.82) is 5.26 Å². The molecule has 96 valence electrons. The maximum absolute atomic E-state index is 10.9. The molecule has 0 amide bonds. The van der Waals surface area contributed by atoms with Crippen molar-refractivity contribution in [3.05, 3.63) is 27.9 Å². The fraction of sp³-hybridized carbons (Fsp3) is 0.455. The van der Waals surface area contributed by atoms with Gasteiger partial charge in [0.25, 0.3) is 0 Å². The van der Waals surface area contributed by atoms with Crippen LogP contribution in [0.5, 0.6) is 0 Å². The summed E-state index contributed by atoms with van der Waals surface area (Å²) >= 11 is 0. The van der Waals surface area contributed by atoms with E-state index >= 15 is 0 Å². The molecule has 0 aliphatic carbocycles. The van der Waals surface area contributed by atoms with Gasteiger partial charge in [0.1, 0.15) is 6.07 Å². The lowest BCUT2D eigenvalue weighted by molar-refractivity contribution is -0.384. The molecule has 2 N–H and O–H groups in total. The Kier molecular flexibility index (Phi) is 4.18. The van der Waals surface area contributed by atoms with Crippen LogP contribution in [0.25, 0.3) is 0 Å². The van der Waals surface area contributed by atoms with Gasteiger partial charge in [-0.15, -0.1) is 0 Å². The van der Waals surface area contributed by atoms with Crippen LogP contribution in [0.4, 0.5) is 11.5 Å². The lowest BCUT2D eigenvalue weighted by atomic mass is 10.0. The highest BCUT2D eigenvalue weighted by Gasteiger charge is 2.26. The molecule has 1 heterocycles. The molecule has 0 aromatic carbocycles. The maximum atomic E-state index is 10.9. The number of nitrogens with zero attached hydrogens (tertiary/aromatic N) is 3. The highest BCUT2D eigenvalue weighted by molar-refractivity contribution is 5.59. The minimum atomic E-state index is -0.689. The van der Waals surface area contributed by atoms with Crippen LogP contribution in [0, 0.1) is 21.4 Å². The van der Waals surface area contributed by atoms with Crippen LogP contribution in [-0.2, 0) is 0 Å². The number of aliphatic hydroxyl groups excluding tert-OH is 1. The molecular weight excluding hydrogens is 236 g/mol. The van der Waals surface area contributed by atoms with Gasteiger partial charge in [-0.1, -0.05) is 6.92 Å². The Morgan fingerprint density at radius 1 is 1.72 bits per heavy atom. The second-order valence-corrected chi connectivity index (χ2v) is 4.16. The van der Waals surface area contributed by atoms with Gasteiger partial charge < -0.3 is 10.4 Å². The molecule has 1 unspecified atom stereocenters. The topological polar surface area (TPSA) is 112 Å². The predicted molar refractivity (Wildman–Crippen MR) is 65.0 cm³/mol. The highest BCUT2D eigenvalue weighted by atomic mass is 16.6. The van der Waals surface area contributed by atoms with E-state index in [-0.39, 0.29) is 23.7 Å². The van der Waals surface area contributed by atoms with E-state index in [1.54, 1.807) is 13.0 Å². The number of nitriles is 1. The van der Waals surface area contributed by atoms with Crippen molar-refractivity contribution in [3.8, 4) is 6.07 Å². The maximum Gasteiger partial charge on any atom is 0.312 e. The van der Waals surface area contributed by atoms with E-state index in [0.717, 1.165) is 6.07 Å². The number of anilines is 1. The summed E-state index contributed by atoms with van der Waals surface area (Å²) in [6, 6.07) is 2.95. The first kappa shape index (κ1) is 13.9. The smallest absolute Gasteiger partial charge is 0.312 e. The van der Waals surface area contributed by atoms with Crippen molar-refractivity contribution in [2.24, 2.45) is 0 Å². The van der Waals surface area contributed by atoms with Crippen molar-refractivity contribution in [1.82, 2.24) is 4.98 Å². The van der Waals surface area contributed by atoms with Crippen molar-refractivity contribution in [2.75, 3.05) is 11.9 Å². The lowest BCUT2D eigenvalue weighted by Crippen LogP contribution is -2.38. The third-order valence-electron chi connectivity index (χ3n) is 2.74. The Balaban J connectivity index is 3.17. The van der Waals surface area contributed by atoms with Gasteiger partial charge >= 0.3 is 5.69 Å². The van der Waals surface area contributed by atoms with Gasteiger partial charge in [-0.05, 0) is 13.3 Å². The molecule has 0 aliphatic heterocycles. The van der Waals surface area contributed by atoms with Crippen molar-refractivity contribution < 1.29 is 10.0 Å². The second-order valence-electron chi connectivity index (χ2n) is 4.16. The van der Waals surface area contributed by atoms with Gasteiger partial charge in [0.05, 0.1) is 22.6 Å². The molecule has 0 saturated carbocycles. The Hall–Kier alpha value is -2.20. The average molecular weight is 250 g/mol. The molecule has 18 heavy (non-hydrogen) atoms. The third kappa shape index (κ3) is 2.93. The molecule has 0 spiro atoms. The Labute approximate surface area is 104 Å². The van der Waals surface area contributed by atoms with Gasteiger partial charge in [0.2, 0.25) is 5.82 Å². The number of aliphatic hydroxyl groups is 1. The molecule has 0 fully saturated rings. The molecule has 7 nitrogen and oxygen atoms in total. The van der Waals surface area contributed by atoms with Crippen LogP contribution in [0.2, 0.25) is 0 Å². The van der Waals surface area contributed by atoms with E-state index in [4.69, 9.17) is 5.26 Å². The lowest BCUT2D eigenvalue weighted by Gasteiger charge is -2.27. The molecular formula is C11H14N4O3. The highest BCUT2D eigenvalue weighted by Crippen LogP contribution is 2.26. The number of hydrogen-bond acceptors (Lipinski definition) is 6. The Morgan fingerprint density at radius 3 is 2.83 bits per heavy atom. The predicted octanol–water partition coefficient (Wildman–Crippen LogP) is 1.43. The summed E-state index contributed by atoms with van der Waals surface area (Å²) in [4.78, 5) is 14.2. The van der Waals surface area contributed by atoms with Crippen LogP contribution in [-0.4, -0.2) is 27.2 Å². The number of hydrogen-bond donors (Lipinski definition) is 2. The number of nitrogens with one attached hydrogen (secondary N) is 1. The summed E-state index contributed by atoms with van der Waals surface area (Å²) in [6.07, 6.45) is 1.82. The first-order chi connectivity index (χ1) is 8.45. The minimum absolute atomic E-state index is 0.0531. The second kappa shape index (κ2) is 5.42. The molecule has 0 radical (unpaired) electrons. The summed E-state index contributed by atoms with van der Waals surface area (Å²) in [7, 11) is 0. The third-order valence-corrected chi connectivity index (χ3v) is 2.74. The zero-order valence-corrected chi connectivity index (χ0v) is 10.2. The van der Waals surface area contributed by atoms with Gasteiger partial charge in [0.15, 0.2) is 0 Å². The van der Waals surface area contributed by atoms with Crippen LogP contribution in [0.1, 0.15) is 25.8 Å². The largest absolute Gasteiger partial charge is 0.394 e. The molecule has 7 heteroatoms. The van der Waals surface area contributed by atoms with Crippen molar-refractivity contribution in [3.63, 3.8) is 0 Å². The average Bonchev–Trinajstić information content (AvgIpc) is 2.38. The number of nitro groups is 1. The fourth-order valence-electron chi connectivity index (χ4n) is 1.28. The van der Waals surface area contributed by atoms with Gasteiger partial charge in [-0.3, -0.25) is 10.1 Å². The van der Waals surface area contributed by atoms with Gasteiger partial charge in [-0.25, -0.2) is 4.98 Å². The summed E-state index contributed by atoms with van der Waals surface area (Å²) in [5.74, 6) is 0.0531. The summed E-state index contributed by atoms with van der Waals surface area (Å²) < 4.78 is 0. The Bertz CT molecular complexity index is 492. The van der Waals surface area contributed by atoms with E-state index in [2.05, 4.69) is 10.3 Å². The SMILES string of the molecule is CCC(C)(CO)Nc1ncc(C#N)cc1[N+](=O)[O-]. The molecule has 0 saturated heterocycles. The standard InChI is InChI=1S/C11H14N4O3/c1-3-11(2,7-16)14-10-9(15(17)18)4-8(5-12)6-13-10/h4,6,16H,3,7H2,1-2H3,(H,13,14). The van der Waals surface area contributed by atoms with Crippen LogP contribution >= 0.6 is 0 Å². The van der Waals surface area contributed by atoms with Crippen LogP contribution in [0.3, 0.4) is 0 Å². The number of pyridine rings is 1. The summed E-state index contributed by atoms with van der Waals surface area (Å²) in [6.45, 7) is 3.40. The van der Waals surface area contributed by atoms with E-state index in [1.807, 2.05) is 6.92 Å². The number of rotatable bonds is 5. The summed E-state index contributed by atoms with van der Waals surface area (Å²) in [5.41, 5.74) is -0.844. The zero-order valence-electron chi connectivity index (χ0n) is 10.2. The zero-order chi connectivity index (χ0) is 13.8. The van der Waals surface area contributed by atoms with Crippen molar-refractivity contribution in [2.45, 2.75) is 25.8 Å². The van der Waals surface area contributed by atoms with E-state index < -0.39 is 10.5 Å². The minimum Gasteiger partial charge on any atom is -0.394 e. The molecule has 1 rings (SSSR count). The fourth-order valence-corrected chi connectivity index (χ4v) is 1.28. The van der Waals surface area contributed by atoms with E-state index in [9.17, 15) is 15.2 Å². The van der Waals surface area contributed by atoms with Gasteiger partial charge in [0, 0.05) is 12.3 Å². The Morgan fingerprint density at radius 2 is 2.39 bits per heavy atom. The summed E-state index contributed by atoms with van der Waals surface area (Å²) in [5, 5.41) is 31.7. The van der Waals surface area contributed by atoms with Crippen molar-refractivity contribution >= 4 is 11.5 Å².